The van der Waals surface area contributed by atoms with E-state index in [2.05, 4.69) is 20.7 Å². The van der Waals surface area contributed by atoms with E-state index in [-0.39, 0.29) is 34.9 Å². The van der Waals surface area contributed by atoms with Crippen molar-refractivity contribution in [1.29, 1.82) is 0 Å². The number of anilines is 2. The van der Waals surface area contributed by atoms with Gasteiger partial charge in [0.1, 0.15) is 28.2 Å². The predicted octanol–water partition coefficient (Wildman–Crippen LogP) is 3.76. The van der Waals surface area contributed by atoms with E-state index in [1.54, 1.807) is 16.5 Å². The Hall–Kier alpha value is -4.88. The van der Waals surface area contributed by atoms with Crippen LogP contribution in [0.5, 0.6) is 0 Å². The maximum atomic E-state index is 15.5. The number of aromatic nitrogens is 4. The van der Waals surface area contributed by atoms with Crippen LogP contribution in [0.25, 0.3) is 16.7 Å². The number of halogens is 3. The molecule has 0 bridgehead atoms. The monoisotopic (exact) mass is 569 g/mol. The first-order valence-corrected chi connectivity index (χ1v) is 12.8. The van der Waals surface area contributed by atoms with Crippen LogP contribution in [0.2, 0.25) is 0 Å². The van der Waals surface area contributed by atoms with E-state index in [1.165, 1.54) is 0 Å². The van der Waals surface area contributed by atoms with Crippen LogP contribution in [0.3, 0.4) is 0 Å². The molecule has 2 amide bonds. The molecule has 1 aliphatic heterocycles. The lowest BCUT2D eigenvalue weighted by molar-refractivity contribution is 0.102. The highest BCUT2D eigenvalue weighted by molar-refractivity contribution is 6.08. The van der Waals surface area contributed by atoms with Crippen molar-refractivity contribution in [3.63, 3.8) is 0 Å². The largest absolute Gasteiger partial charge is 0.465 e. The van der Waals surface area contributed by atoms with Gasteiger partial charge in [-0.15, -0.1) is 0 Å². The third-order valence-electron chi connectivity index (χ3n) is 6.89. The van der Waals surface area contributed by atoms with Crippen LogP contribution in [0.15, 0.2) is 41.2 Å². The van der Waals surface area contributed by atoms with Crippen LogP contribution < -0.4 is 21.1 Å². The molecule has 1 saturated heterocycles. The molecule has 0 aliphatic carbocycles. The molecular formula is C27H26F3N7O4. The molecule has 41 heavy (non-hydrogen) atoms. The standard InChI is InChI=1S/C27H26F3N7O4/c1-13(2)25-33-21-23(35(25)3)17(30)11-19(24(21)36-10-9-14(12-36)31-27(40)41)32-26(39)18-7-8-20(38)37(34-18)22-15(28)5-4-6-16(22)29/h4-8,11,13-14,31H,9-10,12H2,1-3H3,(H,32,39)(H,40,41)/t14-/m1/s1. The SMILES string of the molecule is CC(C)c1nc2c(N3CC[C@@H](NC(=O)O)C3)c(NC(=O)c3ccc(=O)n(-c4c(F)cccc4F)n3)cc(F)c2n1C. The second kappa shape index (κ2) is 10.6. The molecule has 214 valence electrons. The average molecular weight is 570 g/mol. The van der Waals surface area contributed by atoms with E-state index >= 15 is 4.39 Å². The summed E-state index contributed by atoms with van der Waals surface area (Å²) in [5, 5.41) is 18.1. The number of carbonyl (C=O) groups is 2. The van der Waals surface area contributed by atoms with E-state index < -0.39 is 46.7 Å². The van der Waals surface area contributed by atoms with Crippen LogP contribution in [-0.2, 0) is 7.05 Å². The van der Waals surface area contributed by atoms with Crippen LogP contribution in [-0.4, -0.2) is 55.6 Å². The highest BCUT2D eigenvalue weighted by Gasteiger charge is 2.31. The van der Waals surface area contributed by atoms with Gasteiger partial charge in [0.25, 0.3) is 11.5 Å². The number of amides is 2. The number of carboxylic acid groups (broad SMARTS) is 1. The fraction of sp³-hybridized carbons (Fsp3) is 0.296. The highest BCUT2D eigenvalue weighted by atomic mass is 19.1. The maximum Gasteiger partial charge on any atom is 0.404 e. The Kier molecular flexibility index (Phi) is 7.15. The van der Waals surface area contributed by atoms with Gasteiger partial charge in [-0.25, -0.2) is 22.9 Å². The molecule has 5 rings (SSSR count). The molecule has 1 fully saturated rings. The van der Waals surface area contributed by atoms with Crippen LogP contribution in [0.4, 0.5) is 29.3 Å². The lowest BCUT2D eigenvalue weighted by Crippen LogP contribution is -2.36. The number of carbonyl (C=O) groups excluding carboxylic acids is 1. The lowest BCUT2D eigenvalue weighted by Gasteiger charge is -2.23. The van der Waals surface area contributed by atoms with Crippen LogP contribution >= 0.6 is 0 Å². The van der Waals surface area contributed by atoms with E-state index in [1.807, 2.05) is 13.8 Å². The first kappa shape index (κ1) is 27.7. The van der Waals surface area contributed by atoms with E-state index in [9.17, 15) is 23.2 Å². The van der Waals surface area contributed by atoms with Gasteiger partial charge in [-0.2, -0.15) is 9.78 Å². The van der Waals surface area contributed by atoms with E-state index in [0.717, 1.165) is 36.4 Å². The third-order valence-corrected chi connectivity index (χ3v) is 6.89. The number of aryl methyl sites for hydroxylation is 1. The van der Waals surface area contributed by atoms with Gasteiger partial charge < -0.3 is 25.2 Å². The average Bonchev–Trinajstić information content (AvgIpc) is 3.49. The fourth-order valence-electron chi connectivity index (χ4n) is 5.10. The summed E-state index contributed by atoms with van der Waals surface area (Å²) < 4.78 is 46.3. The molecule has 14 heteroatoms. The molecular weight excluding hydrogens is 543 g/mol. The molecule has 3 N–H and O–H groups in total. The number of hydrogen-bond acceptors (Lipinski definition) is 6. The maximum absolute atomic E-state index is 15.5. The third kappa shape index (κ3) is 5.08. The lowest BCUT2D eigenvalue weighted by atomic mass is 10.2. The summed E-state index contributed by atoms with van der Waals surface area (Å²) in [7, 11) is 1.68. The van der Waals surface area contributed by atoms with Crippen molar-refractivity contribution in [2.45, 2.75) is 32.2 Å². The number of hydrogen-bond donors (Lipinski definition) is 3. The van der Waals surface area contributed by atoms with Gasteiger partial charge in [0.15, 0.2) is 17.5 Å². The first-order valence-electron chi connectivity index (χ1n) is 12.8. The summed E-state index contributed by atoms with van der Waals surface area (Å²) in [5.74, 6) is -3.10. The number of fused-ring (bicyclic) bond motifs is 1. The zero-order chi connectivity index (χ0) is 29.6. The topological polar surface area (TPSA) is 134 Å². The molecule has 11 nitrogen and oxygen atoms in total. The van der Waals surface area contributed by atoms with Gasteiger partial charge in [-0.05, 0) is 24.6 Å². The minimum Gasteiger partial charge on any atom is -0.465 e. The first-order chi connectivity index (χ1) is 19.5. The second-order valence-electron chi connectivity index (χ2n) is 10.0. The van der Waals surface area contributed by atoms with Crippen molar-refractivity contribution >= 4 is 34.4 Å². The normalized spacial score (nSPS) is 15.1. The molecule has 0 radical (unpaired) electrons. The summed E-state index contributed by atoms with van der Waals surface area (Å²) in [6.45, 7) is 4.43. The van der Waals surface area contributed by atoms with Crippen molar-refractivity contribution < 1.29 is 27.9 Å². The summed E-state index contributed by atoms with van der Waals surface area (Å²) in [6.07, 6.45) is -0.717. The van der Waals surface area contributed by atoms with Gasteiger partial charge in [0.05, 0.1) is 17.4 Å². The fourth-order valence-corrected chi connectivity index (χ4v) is 5.10. The van der Waals surface area contributed by atoms with Gasteiger partial charge in [-0.3, -0.25) is 9.59 Å². The van der Waals surface area contributed by atoms with Gasteiger partial charge >= 0.3 is 6.09 Å². The van der Waals surface area contributed by atoms with Crippen LogP contribution in [0, 0.1) is 17.5 Å². The Balaban J connectivity index is 1.59. The molecule has 2 aromatic heterocycles. The minimum atomic E-state index is -1.18. The van der Waals surface area contributed by atoms with E-state index in [4.69, 9.17) is 5.11 Å². The molecule has 0 saturated carbocycles. The zero-order valence-corrected chi connectivity index (χ0v) is 22.3. The molecule has 1 aliphatic rings. The Morgan fingerprint density at radius 1 is 1.07 bits per heavy atom. The molecule has 2 aromatic carbocycles. The number of benzene rings is 2. The molecule has 3 heterocycles. The van der Waals surface area contributed by atoms with E-state index in [0.29, 0.717) is 29.2 Å². The molecule has 0 spiro atoms. The van der Waals surface area contributed by atoms with Gasteiger partial charge in [0.2, 0.25) is 0 Å². The number of para-hydroxylation sites is 1. The molecule has 4 aromatic rings. The van der Waals surface area contributed by atoms with Crippen molar-refractivity contribution in [3.8, 4) is 5.69 Å². The quantitative estimate of drug-likeness (QED) is 0.322. The summed E-state index contributed by atoms with van der Waals surface area (Å²) in [6, 6.07) is 5.77. The van der Waals surface area contributed by atoms with Gasteiger partial charge in [0, 0.05) is 38.2 Å². The zero-order valence-electron chi connectivity index (χ0n) is 22.3. The minimum absolute atomic E-state index is 0.0287. The Labute approximate surface area is 231 Å². The second-order valence-corrected chi connectivity index (χ2v) is 10.0. The number of nitrogens with one attached hydrogen (secondary N) is 2. The summed E-state index contributed by atoms with van der Waals surface area (Å²) in [4.78, 5) is 43.4. The number of nitrogens with zero attached hydrogens (tertiary/aromatic N) is 5. The number of rotatable bonds is 6. The van der Waals surface area contributed by atoms with Crippen molar-refractivity contribution in [2.24, 2.45) is 7.05 Å². The van der Waals surface area contributed by atoms with Crippen molar-refractivity contribution in [1.82, 2.24) is 24.6 Å². The van der Waals surface area contributed by atoms with Gasteiger partial charge in [-0.1, -0.05) is 19.9 Å². The number of imidazole rings is 1. The Morgan fingerprint density at radius 3 is 2.44 bits per heavy atom. The van der Waals surface area contributed by atoms with Crippen LogP contribution in [0.1, 0.15) is 42.5 Å². The Morgan fingerprint density at radius 2 is 1.78 bits per heavy atom. The smallest absolute Gasteiger partial charge is 0.404 e. The van der Waals surface area contributed by atoms with Crippen molar-refractivity contribution in [3.05, 3.63) is 75.7 Å². The summed E-state index contributed by atoms with van der Waals surface area (Å²) >= 11 is 0. The highest BCUT2D eigenvalue weighted by Crippen LogP contribution is 2.39. The van der Waals surface area contributed by atoms with Crippen molar-refractivity contribution in [2.75, 3.05) is 23.3 Å². The molecule has 1 atom stereocenters. The summed E-state index contributed by atoms with van der Waals surface area (Å²) in [5.41, 5.74) is -1.10. The molecule has 0 unspecified atom stereocenters. The predicted molar refractivity (Wildman–Crippen MR) is 144 cm³/mol. The Bertz CT molecular complexity index is 1730.